The van der Waals surface area contributed by atoms with Gasteiger partial charge in [0.15, 0.2) is 0 Å². The standard InChI is InChI=1S/C11H12BrClO2/c12-10-2-1-8(13)7-9(10)11(14)3-5-15-6-4-11/h1-2,7,14H,3-6H2. The molecule has 0 radical (unpaired) electrons. The van der Waals surface area contributed by atoms with Crippen molar-refractivity contribution >= 4 is 27.5 Å². The molecule has 2 nitrogen and oxygen atoms in total. The van der Waals surface area contributed by atoms with E-state index in [0.29, 0.717) is 31.1 Å². The molecule has 0 aromatic heterocycles. The Balaban J connectivity index is 2.38. The lowest BCUT2D eigenvalue weighted by molar-refractivity contribution is -0.0683. The maximum Gasteiger partial charge on any atom is 0.0951 e. The van der Waals surface area contributed by atoms with Crippen LogP contribution in [0.2, 0.25) is 5.02 Å². The average Bonchev–Trinajstić information content (AvgIpc) is 2.23. The van der Waals surface area contributed by atoms with E-state index in [0.717, 1.165) is 10.0 Å². The Hall–Kier alpha value is -0.0900. The smallest absolute Gasteiger partial charge is 0.0951 e. The van der Waals surface area contributed by atoms with Crippen molar-refractivity contribution in [2.45, 2.75) is 18.4 Å². The second-order valence-electron chi connectivity index (χ2n) is 3.77. The molecule has 0 unspecified atom stereocenters. The van der Waals surface area contributed by atoms with Crippen LogP contribution >= 0.6 is 27.5 Å². The maximum absolute atomic E-state index is 10.5. The van der Waals surface area contributed by atoms with Gasteiger partial charge in [-0.25, -0.2) is 0 Å². The molecule has 82 valence electrons. The first kappa shape index (κ1) is 11.4. The van der Waals surface area contributed by atoms with Crippen LogP contribution in [0.5, 0.6) is 0 Å². The summed E-state index contributed by atoms with van der Waals surface area (Å²) in [6.07, 6.45) is 1.23. The van der Waals surface area contributed by atoms with Gasteiger partial charge in [0.25, 0.3) is 0 Å². The lowest BCUT2D eigenvalue weighted by Gasteiger charge is -2.33. The molecule has 15 heavy (non-hydrogen) atoms. The molecule has 1 fully saturated rings. The molecule has 1 aromatic carbocycles. The van der Waals surface area contributed by atoms with Crippen LogP contribution in [0.25, 0.3) is 0 Å². The number of aliphatic hydroxyl groups is 1. The summed E-state index contributed by atoms with van der Waals surface area (Å²) in [7, 11) is 0. The van der Waals surface area contributed by atoms with Crippen molar-refractivity contribution in [2.75, 3.05) is 13.2 Å². The Morgan fingerprint density at radius 2 is 2.00 bits per heavy atom. The van der Waals surface area contributed by atoms with Crippen LogP contribution in [0.3, 0.4) is 0 Å². The molecule has 0 bridgehead atoms. The van der Waals surface area contributed by atoms with Gasteiger partial charge in [-0.2, -0.15) is 0 Å². The number of ether oxygens (including phenoxy) is 1. The Kier molecular flexibility index (Phi) is 3.36. The number of hydrogen-bond acceptors (Lipinski definition) is 2. The van der Waals surface area contributed by atoms with E-state index >= 15 is 0 Å². The highest BCUT2D eigenvalue weighted by Crippen LogP contribution is 2.37. The average molecular weight is 292 g/mol. The highest BCUT2D eigenvalue weighted by atomic mass is 79.9. The Labute approximate surface area is 102 Å². The second-order valence-corrected chi connectivity index (χ2v) is 5.06. The highest BCUT2D eigenvalue weighted by Gasteiger charge is 2.33. The fourth-order valence-electron chi connectivity index (χ4n) is 1.83. The van der Waals surface area contributed by atoms with Gasteiger partial charge in [0.05, 0.1) is 5.60 Å². The first-order chi connectivity index (χ1) is 7.12. The van der Waals surface area contributed by atoms with Gasteiger partial charge in [-0.1, -0.05) is 27.5 Å². The molecule has 1 aliphatic heterocycles. The van der Waals surface area contributed by atoms with Crippen molar-refractivity contribution < 1.29 is 9.84 Å². The fourth-order valence-corrected chi connectivity index (χ4v) is 2.62. The Morgan fingerprint density at radius 3 is 2.67 bits per heavy atom. The normalized spacial score (nSPS) is 20.2. The third kappa shape index (κ3) is 2.36. The molecule has 4 heteroatoms. The molecular formula is C11H12BrClO2. The van der Waals surface area contributed by atoms with Gasteiger partial charge in [0, 0.05) is 35.6 Å². The quantitative estimate of drug-likeness (QED) is 0.861. The molecule has 0 atom stereocenters. The number of halogens is 2. The van der Waals surface area contributed by atoms with Crippen molar-refractivity contribution in [2.24, 2.45) is 0 Å². The summed E-state index contributed by atoms with van der Waals surface area (Å²) < 4.78 is 6.15. The molecule has 1 heterocycles. The van der Waals surface area contributed by atoms with E-state index in [9.17, 15) is 5.11 Å². The van der Waals surface area contributed by atoms with Gasteiger partial charge in [-0.05, 0) is 23.8 Å². The van der Waals surface area contributed by atoms with Crippen LogP contribution in [-0.2, 0) is 10.3 Å². The van der Waals surface area contributed by atoms with Gasteiger partial charge in [-0.15, -0.1) is 0 Å². The molecule has 0 saturated carbocycles. The summed E-state index contributed by atoms with van der Waals surface area (Å²) in [4.78, 5) is 0. The lowest BCUT2D eigenvalue weighted by Crippen LogP contribution is -2.33. The first-order valence-corrected chi connectivity index (χ1v) is 6.05. The molecule has 0 aliphatic carbocycles. The van der Waals surface area contributed by atoms with E-state index in [1.54, 1.807) is 6.07 Å². The largest absolute Gasteiger partial charge is 0.385 e. The van der Waals surface area contributed by atoms with Gasteiger partial charge in [0.1, 0.15) is 0 Å². The van der Waals surface area contributed by atoms with Crippen molar-refractivity contribution in [3.05, 3.63) is 33.3 Å². The van der Waals surface area contributed by atoms with Gasteiger partial charge in [0.2, 0.25) is 0 Å². The van der Waals surface area contributed by atoms with Gasteiger partial charge >= 0.3 is 0 Å². The van der Waals surface area contributed by atoms with Crippen molar-refractivity contribution in [3.8, 4) is 0 Å². The summed E-state index contributed by atoms with van der Waals surface area (Å²) in [6, 6.07) is 5.49. The SMILES string of the molecule is OC1(c2cc(Cl)ccc2Br)CCOCC1. The first-order valence-electron chi connectivity index (χ1n) is 4.87. The third-order valence-corrected chi connectivity index (χ3v) is 3.68. The third-order valence-electron chi connectivity index (χ3n) is 2.75. The molecule has 1 aliphatic rings. The molecule has 1 N–H and O–H groups in total. The van der Waals surface area contributed by atoms with E-state index in [2.05, 4.69) is 15.9 Å². The van der Waals surface area contributed by atoms with Crippen LogP contribution in [0.15, 0.2) is 22.7 Å². The Morgan fingerprint density at radius 1 is 1.33 bits per heavy atom. The molecule has 2 rings (SSSR count). The van der Waals surface area contributed by atoms with Gasteiger partial charge in [-0.3, -0.25) is 0 Å². The van der Waals surface area contributed by atoms with E-state index in [-0.39, 0.29) is 0 Å². The summed E-state index contributed by atoms with van der Waals surface area (Å²) in [5.74, 6) is 0. The molecule has 1 saturated heterocycles. The van der Waals surface area contributed by atoms with E-state index < -0.39 is 5.60 Å². The zero-order valence-electron chi connectivity index (χ0n) is 8.17. The minimum absolute atomic E-state index is 0.593. The predicted octanol–water partition coefficient (Wildman–Crippen LogP) is 3.10. The number of hydrogen-bond donors (Lipinski definition) is 1. The lowest BCUT2D eigenvalue weighted by atomic mass is 9.86. The fraction of sp³-hybridized carbons (Fsp3) is 0.455. The van der Waals surface area contributed by atoms with Crippen LogP contribution in [0, 0.1) is 0 Å². The molecule has 1 aromatic rings. The summed E-state index contributed by atoms with van der Waals surface area (Å²) in [5, 5.41) is 11.1. The van der Waals surface area contributed by atoms with Crippen molar-refractivity contribution in [1.82, 2.24) is 0 Å². The van der Waals surface area contributed by atoms with E-state index in [1.165, 1.54) is 0 Å². The minimum Gasteiger partial charge on any atom is -0.385 e. The highest BCUT2D eigenvalue weighted by molar-refractivity contribution is 9.10. The van der Waals surface area contributed by atoms with Crippen molar-refractivity contribution in [1.29, 1.82) is 0 Å². The summed E-state index contributed by atoms with van der Waals surface area (Å²) in [6.45, 7) is 1.19. The predicted molar refractivity (Wildman–Crippen MR) is 63.1 cm³/mol. The van der Waals surface area contributed by atoms with Crippen LogP contribution in [-0.4, -0.2) is 18.3 Å². The summed E-state index contributed by atoms with van der Waals surface area (Å²) in [5.41, 5.74) is 0.0559. The topological polar surface area (TPSA) is 29.5 Å². The Bertz CT molecular complexity index is 362. The second kappa shape index (κ2) is 4.42. The van der Waals surface area contributed by atoms with Crippen LogP contribution in [0.1, 0.15) is 18.4 Å². The number of benzene rings is 1. The minimum atomic E-state index is -0.804. The molecular weight excluding hydrogens is 279 g/mol. The van der Waals surface area contributed by atoms with E-state index in [1.807, 2.05) is 12.1 Å². The monoisotopic (exact) mass is 290 g/mol. The molecule has 0 spiro atoms. The summed E-state index contributed by atoms with van der Waals surface area (Å²) >= 11 is 9.38. The van der Waals surface area contributed by atoms with Crippen LogP contribution < -0.4 is 0 Å². The number of rotatable bonds is 1. The molecule has 0 amide bonds. The zero-order chi connectivity index (χ0) is 10.9. The van der Waals surface area contributed by atoms with Crippen molar-refractivity contribution in [3.63, 3.8) is 0 Å². The van der Waals surface area contributed by atoms with Gasteiger partial charge < -0.3 is 9.84 Å². The van der Waals surface area contributed by atoms with E-state index in [4.69, 9.17) is 16.3 Å². The zero-order valence-corrected chi connectivity index (χ0v) is 10.5. The maximum atomic E-state index is 10.5. The van der Waals surface area contributed by atoms with Crippen LogP contribution in [0.4, 0.5) is 0 Å².